The van der Waals surface area contributed by atoms with Crippen LogP contribution < -0.4 is 11.5 Å². The van der Waals surface area contributed by atoms with E-state index in [4.69, 9.17) is 20.9 Å². The maximum atomic E-state index is 11.9. The summed E-state index contributed by atoms with van der Waals surface area (Å²) in [6, 6.07) is 0. The third-order valence-electron chi connectivity index (χ3n) is 2.62. The highest BCUT2D eigenvalue weighted by Crippen LogP contribution is 2.35. The topological polar surface area (TPSA) is 146 Å². The summed E-state index contributed by atoms with van der Waals surface area (Å²) >= 11 is 2.17. The number of thiophene rings is 1. The van der Waals surface area contributed by atoms with Crippen LogP contribution in [0.1, 0.15) is 25.6 Å². The van der Waals surface area contributed by atoms with Crippen LogP contribution in [0.15, 0.2) is 5.16 Å². The lowest BCUT2D eigenvalue weighted by atomic mass is 10.1. The predicted octanol–water partition coefficient (Wildman–Crippen LogP) is 0.896. The molecule has 0 fully saturated rings. The second kappa shape index (κ2) is 6.66. The Kier molecular flexibility index (Phi) is 4.88. The predicted molar refractivity (Wildman–Crippen MR) is 81.8 cm³/mol. The minimum atomic E-state index is -0.617. The van der Waals surface area contributed by atoms with Crippen LogP contribution in [0.4, 0.5) is 10.9 Å². The number of rotatable bonds is 5. The number of methoxy groups -OCH3 is 2. The summed E-state index contributed by atoms with van der Waals surface area (Å²) < 4.78 is 9.42. The smallest absolute Gasteiger partial charge is 0.348 e. The number of esters is 2. The SMILES string of the molecule is COC(=O)c1sc(N)c(C(=O)OC)c1CSc1n[nH]c(N)n1. The number of ether oxygens (including phenoxy) is 2. The Hall–Kier alpha value is -2.27. The van der Waals surface area contributed by atoms with Crippen LogP contribution in [-0.4, -0.2) is 41.3 Å². The molecule has 0 bridgehead atoms. The number of anilines is 2. The van der Waals surface area contributed by atoms with Crippen molar-refractivity contribution in [3.05, 3.63) is 16.0 Å². The van der Waals surface area contributed by atoms with E-state index in [1.54, 1.807) is 0 Å². The normalized spacial score (nSPS) is 10.5. The highest BCUT2D eigenvalue weighted by Gasteiger charge is 2.27. The molecule has 0 unspecified atom stereocenters. The third-order valence-corrected chi connectivity index (χ3v) is 4.54. The number of thioether (sulfide) groups is 1. The monoisotopic (exact) mass is 343 g/mol. The molecule has 0 spiro atoms. The molecule has 0 atom stereocenters. The zero-order valence-corrected chi connectivity index (χ0v) is 13.3. The zero-order chi connectivity index (χ0) is 16.3. The van der Waals surface area contributed by atoms with Gasteiger partial charge in [-0.3, -0.25) is 0 Å². The number of nitrogens with zero attached hydrogens (tertiary/aromatic N) is 2. The van der Waals surface area contributed by atoms with Gasteiger partial charge in [0, 0.05) is 11.3 Å². The van der Waals surface area contributed by atoms with Crippen molar-refractivity contribution in [1.82, 2.24) is 15.2 Å². The van der Waals surface area contributed by atoms with E-state index in [2.05, 4.69) is 15.2 Å². The second-order valence-electron chi connectivity index (χ2n) is 3.92. The van der Waals surface area contributed by atoms with Gasteiger partial charge in [0.2, 0.25) is 11.1 Å². The summed E-state index contributed by atoms with van der Waals surface area (Å²) in [5.41, 5.74) is 11.9. The first kappa shape index (κ1) is 16.1. The first-order chi connectivity index (χ1) is 10.5. The number of aromatic nitrogens is 3. The largest absolute Gasteiger partial charge is 0.465 e. The van der Waals surface area contributed by atoms with Crippen molar-refractivity contribution >= 4 is 46.0 Å². The first-order valence-corrected chi connectivity index (χ1v) is 7.66. The molecule has 0 aromatic carbocycles. The summed E-state index contributed by atoms with van der Waals surface area (Å²) in [4.78, 5) is 27.9. The van der Waals surface area contributed by atoms with Gasteiger partial charge in [0.05, 0.1) is 19.8 Å². The van der Waals surface area contributed by atoms with Gasteiger partial charge in [-0.15, -0.1) is 16.4 Å². The number of carbonyl (C=O) groups is 2. The highest BCUT2D eigenvalue weighted by molar-refractivity contribution is 7.98. The molecule has 2 heterocycles. The summed E-state index contributed by atoms with van der Waals surface area (Å²) in [7, 11) is 2.49. The number of hydrogen-bond acceptors (Lipinski definition) is 10. The van der Waals surface area contributed by atoms with Gasteiger partial charge in [0.1, 0.15) is 9.88 Å². The Labute approximate surface area is 133 Å². The molecular weight excluding hydrogens is 330 g/mol. The molecule has 11 heteroatoms. The van der Waals surface area contributed by atoms with Crippen LogP contribution in [0.2, 0.25) is 0 Å². The van der Waals surface area contributed by atoms with E-state index in [0.29, 0.717) is 10.7 Å². The summed E-state index contributed by atoms with van der Waals surface area (Å²) in [5.74, 6) is -0.778. The number of hydrogen-bond donors (Lipinski definition) is 3. The second-order valence-corrected chi connectivity index (χ2v) is 5.92. The lowest BCUT2D eigenvalue weighted by Gasteiger charge is -2.04. The van der Waals surface area contributed by atoms with Crippen molar-refractivity contribution in [2.45, 2.75) is 10.9 Å². The first-order valence-electron chi connectivity index (χ1n) is 5.86. The van der Waals surface area contributed by atoms with Gasteiger partial charge >= 0.3 is 11.9 Å². The van der Waals surface area contributed by atoms with Crippen LogP contribution >= 0.6 is 23.1 Å². The van der Waals surface area contributed by atoms with Gasteiger partial charge in [-0.25, -0.2) is 14.7 Å². The molecule has 22 heavy (non-hydrogen) atoms. The van der Waals surface area contributed by atoms with Crippen molar-refractivity contribution in [3.63, 3.8) is 0 Å². The van der Waals surface area contributed by atoms with E-state index in [0.717, 1.165) is 11.3 Å². The van der Waals surface area contributed by atoms with Crippen LogP contribution in [0.3, 0.4) is 0 Å². The maximum Gasteiger partial charge on any atom is 0.348 e. The number of nitrogens with two attached hydrogens (primary N) is 2. The molecule has 0 radical (unpaired) electrons. The van der Waals surface area contributed by atoms with Crippen molar-refractivity contribution in [2.24, 2.45) is 0 Å². The van der Waals surface area contributed by atoms with Gasteiger partial charge in [0.25, 0.3) is 0 Å². The Balaban J connectivity index is 2.36. The van der Waals surface area contributed by atoms with Gasteiger partial charge in [-0.05, 0) is 0 Å². The standard InChI is InChI=1S/C11H13N5O4S2/c1-19-8(17)5-4(3-21-11-14-10(13)15-16-11)6(9(18)20-2)22-7(5)12/h3,12H2,1-2H3,(H3,13,14,15,16). The molecule has 2 rings (SSSR count). The highest BCUT2D eigenvalue weighted by atomic mass is 32.2. The minimum absolute atomic E-state index is 0.156. The summed E-state index contributed by atoms with van der Waals surface area (Å²) in [6.07, 6.45) is 0. The molecule has 0 aliphatic heterocycles. The Morgan fingerprint density at radius 1 is 1.27 bits per heavy atom. The van der Waals surface area contributed by atoms with E-state index >= 15 is 0 Å². The number of nitrogens with one attached hydrogen (secondary N) is 1. The Morgan fingerprint density at radius 3 is 2.50 bits per heavy atom. The quantitative estimate of drug-likeness (QED) is 0.532. The van der Waals surface area contributed by atoms with Crippen molar-refractivity contribution < 1.29 is 19.1 Å². The minimum Gasteiger partial charge on any atom is -0.465 e. The number of aromatic amines is 1. The molecular formula is C11H13N5O4S2. The van der Waals surface area contributed by atoms with Gasteiger partial charge in [0.15, 0.2) is 0 Å². The number of H-pyrrole nitrogens is 1. The fourth-order valence-corrected chi connectivity index (χ4v) is 3.58. The van der Waals surface area contributed by atoms with E-state index in [-0.39, 0.29) is 27.1 Å². The van der Waals surface area contributed by atoms with Gasteiger partial charge in [-0.1, -0.05) is 11.8 Å². The van der Waals surface area contributed by atoms with Gasteiger partial charge < -0.3 is 20.9 Å². The maximum absolute atomic E-state index is 11.9. The molecule has 118 valence electrons. The lowest BCUT2D eigenvalue weighted by Crippen LogP contribution is -2.08. The zero-order valence-electron chi connectivity index (χ0n) is 11.7. The molecule has 0 aliphatic rings. The molecule has 9 nitrogen and oxygen atoms in total. The van der Waals surface area contributed by atoms with Crippen LogP contribution in [0.5, 0.6) is 0 Å². The van der Waals surface area contributed by atoms with E-state index < -0.39 is 11.9 Å². The van der Waals surface area contributed by atoms with E-state index in [1.165, 1.54) is 26.0 Å². The molecule has 0 saturated heterocycles. The molecule has 0 amide bonds. The fourth-order valence-electron chi connectivity index (χ4n) is 1.67. The third kappa shape index (κ3) is 3.14. The van der Waals surface area contributed by atoms with Crippen LogP contribution in [-0.2, 0) is 15.2 Å². The van der Waals surface area contributed by atoms with E-state index in [1.807, 2.05) is 0 Å². The van der Waals surface area contributed by atoms with Crippen LogP contribution in [0.25, 0.3) is 0 Å². The molecule has 2 aromatic rings. The number of nitrogen functional groups attached to an aromatic ring is 2. The van der Waals surface area contributed by atoms with Crippen molar-refractivity contribution in [3.8, 4) is 0 Å². The van der Waals surface area contributed by atoms with Crippen LogP contribution in [0, 0.1) is 0 Å². The number of carbonyl (C=O) groups excluding carboxylic acids is 2. The average molecular weight is 343 g/mol. The van der Waals surface area contributed by atoms with Gasteiger partial charge in [-0.2, -0.15) is 4.98 Å². The summed E-state index contributed by atoms with van der Waals surface area (Å²) in [6.45, 7) is 0. The van der Waals surface area contributed by atoms with E-state index in [9.17, 15) is 9.59 Å². The Morgan fingerprint density at radius 2 is 1.95 bits per heavy atom. The molecule has 2 aromatic heterocycles. The molecule has 5 N–H and O–H groups in total. The molecule has 0 saturated carbocycles. The lowest BCUT2D eigenvalue weighted by molar-refractivity contribution is 0.0601. The summed E-state index contributed by atoms with van der Waals surface area (Å²) in [5, 5.41) is 6.94. The Bertz CT molecular complexity index is 711. The van der Waals surface area contributed by atoms with Crippen molar-refractivity contribution in [2.75, 3.05) is 25.7 Å². The fraction of sp³-hybridized carbons (Fsp3) is 0.273. The molecule has 0 aliphatic carbocycles. The van der Waals surface area contributed by atoms with Crippen molar-refractivity contribution in [1.29, 1.82) is 0 Å². The average Bonchev–Trinajstić information content (AvgIpc) is 3.06.